The Kier molecular flexibility index (Phi) is 6.03. The summed E-state index contributed by atoms with van der Waals surface area (Å²) in [5.74, 6) is -0.0565. The van der Waals surface area contributed by atoms with Gasteiger partial charge in [-0.15, -0.1) is 0 Å². The van der Waals surface area contributed by atoms with Crippen molar-refractivity contribution in [3.05, 3.63) is 66.4 Å². The molecule has 1 aromatic heterocycles. The minimum absolute atomic E-state index is 0.0565. The average Bonchev–Trinajstić information content (AvgIpc) is 3.18. The number of Topliss-reactive ketones (excluding diaryl/α,β-unsaturated/α-hetero) is 1. The van der Waals surface area contributed by atoms with E-state index in [1.54, 1.807) is 42.5 Å². The van der Waals surface area contributed by atoms with Crippen molar-refractivity contribution in [3.63, 3.8) is 0 Å². The Hall–Kier alpha value is -2.44. The summed E-state index contributed by atoms with van der Waals surface area (Å²) in [6.07, 6.45) is 3.10. The maximum absolute atomic E-state index is 14.2. The van der Waals surface area contributed by atoms with Gasteiger partial charge in [-0.1, -0.05) is 57.2 Å². The van der Waals surface area contributed by atoms with Gasteiger partial charge in [0.1, 0.15) is 5.69 Å². The minimum Gasteiger partial charge on any atom is -0.317 e. The Bertz CT molecular complexity index is 1210. The Labute approximate surface area is 190 Å². The Morgan fingerprint density at radius 2 is 1.62 bits per heavy atom. The monoisotopic (exact) mass is 452 g/mol. The number of hydrogen-bond acceptors (Lipinski definition) is 4. The van der Waals surface area contributed by atoms with Crippen LogP contribution in [-0.2, 0) is 10.0 Å². The quantitative estimate of drug-likeness (QED) is 0.518. The molecule has 1 aliphatic heterocycles. The van der Waals surface area contributed by atoms with Gasteiger partial charge in [0.15, 0.2) is 5.78 Å². The highest BCUT2D eigenvalue weighted by Gasteiger charge is 2.43. The molecule has 1 saturated heterocycles. The van der Waals surface area contributed by atoms with Crippen LogP contribution in [0.3, 0.4) is 0 Å². The summed E-state index contributed by atoms with van der Waals surface area (Å²) in [6.45, 7) is 8.08. The fraction of sp³-hybridized carbons (Fsp3) is 0.423. The molecule has 1 N–H and O–H groups in total. The number of nitrogens with zero attached hydrogens (tertiary/aromatic N) is 1. The number of aromatic nitrogens is 1. The predicted octanol–water partition coefficient (Wildman–Crippen LogP) is 5.26. The summed E-state index contributed by atoms with van der Waals surface area (Å²) in [5, 5.41) is 4.12. The highest BCUT2D eigenvalue weighted by molar-refractivity contribution is 7.90. The number of hydrogen-bond donors (Lipinski definition) is 1. The third-order valence-corrected chi connectivity index (χ3v) is 8.32. The molecule has 0 aliphatic carbocycles. The molecule has 0 radical (unpaired) electrons. The zero-order valence-corrected chi connectivity index (χ0v) is 19.9. The van der Waals surface area contributed by atoms with E-state index in [4.69, 9.17) is 0 Å². The molecule has 3 aromatic rings. The van der Waals surface area contributed by atoms with Crippen molar-refractivity contribution in [2.45, 2.75) is 51.3 Å². The van der Waals surface area contributed by atoms with Crippen molar-refractivity contribution >= 4 is 26.7 Å². The first-order valence-corrected chi connectivity index (χ1v) is 12.7. The van der Waals surface area contributed by atoms with E-state index >= 15 is 0 Å². The van der Waals surface area contributed by atoms with Crippen LogP contribution in [0.15, 0.2) is 65.6 Å². The van der Waals surface area contributed by atoms with Gasteiger partial charge < -0.3 is 5.32 Å². The number of fused-ring (bicyclic) bond motifs is 1. The first-order chi connectivity index (χ1) is 15.1. The second-order valence-corrected chi connectivity index (χ2v) is 11.9. The van der Waals surface area contributed by atoms with Gasteiger partial charge in [0.2, 0.25) is 0 Å². The fourth-order valence-electron chi connectivity index (χ4n) is 4.63. The molecule has 4 rings (SSSR count). The molecular weight excluding hydrogens is 420 g/mol. The third kappa shape index (κ3) is 4.26. The van der Waals surface area contributed by atoms with E-state index in [1.165, 1.54) is 3.97 Å². The fourth-order valence-corrected chi connectivity index (χ4v) is 6.16. The number of benzene rings is 2. The molecule has 0 spiro atoms. The van der Waals surface area contributed by atoms with Gasteiger partial charge in [-0.25, -0.2) is 12.4 Å². The highest BCUT2D eigenvalue weighted by Crippen LogP contribution is 2.42. The summed E-state index contributed by atoms with van der Waals surface area (Å²) in [6, 6.07) is 17.5. The second kappa shape index (κ2) is 8.49. The van der Waals surface area contributed by atoms with Crippen LogP contribution in [-0.4, -0.2) is 31.3 Å². The van der Waals surface area contributed by atoms with E-state index in [0.717, 1.165) is 44.2 Å². The van der Waals surface area contributed by atoms with Crippen LogP contribution in [0.4, 0.5) is 0 Å². The van der Waals surface area contributed by atoms with Crippen LogP contribution in [0.5, 0.6) is 0 Å². The number of carbonyl (C=O) groups excluding carboxylic acids is 1. The minimum atomic E-state index is -3.93. The second-order valence-electron chi connectivity index (χ2n) is 10.1. The smallest absolute Gasteiger partial charge is 0.268 e. The number of para-hydroxylation sites is 1. The zero-order chi connectivity index (χ0) is 23.0. The van der Waals surface area contributed by atoms with Crippen molar-refractivity contribution < 1.29 is 13.2 Å². The molecule has 32 heavy (non-hydrogen) atoms. The molecule has 1 aliphatic rings. The average molecular weight is 453 g/mol. The number of carbonyl (C=O) groups is 1. The lowest BCUT2D eigenvalue weighted by Crippen LogP contribution is -2.43. The van der Waals surface area contributed by atoms with Gasteiger partial charge in [0.05, 0.1) is 10.4 Å². The van der Waals surface area contributed by atoms with Crippen molar-refractivity contribution in [1.82, 2.24) is 9.29 Å². The molecule has 1 fully saturated rings. The molecule has 6 heteroatoms. The predicted molar refractivity (Wildman–Crippen MR) is 129 cm³/mol. The summed E-state index contributed by atoms with van der Waals surface area (Å²) < 4.78 is 28.8. The highest BCUT2D eigenvalue weighted by atomic mass is 32.2. The van der Waals surface area contributed by atoms with Gasteiger partial charge in [-0.05, 0) is 68.5 Å². The van der Waals surface area contributed by atoms with Crippen molar-refractivity contribution in [3.8, 4) is 0 Å². The van der Waals surface area contributed by atoms with Gasteiger partial charge >= 0.3 is 0 Å². The lowest BCUT2D eigenvalue weighted by Gasteiger charge is -2.38. The summed E-state index contributed by atoms with van der Waals surface area (Å²) in [5.41, 5.74) is 0.350. The van der Waals surface area contributed by atoms with E-state index in [1.807, 2.05) is 18.2 Å². The normalized spacial score (nSPS) is 16.8. The number of ketones is 1. The molecule has 0 saturated carbocycles. The van der Waals surface area contributed by atoms with Crippen LogP contribution in [0.2, 0.25) is 0 Å². The largest absolute Gasteiger partial charge is 0.317 e. The maximum Gasteiger partial charge on any atom is 0.268 e. The first kappa shape index (κ1) is 22.7. The lowest BCUT2D eigenvalue weighted by molar-refractivity contribution is 0.0670. The summed E-state index contributed by atoms with van der Waals surface area (Å²) >= 11 is 0. The SMILES string of the molecule is CC(C)(C)CCC1(C(=O)c2cc3ccccc3n2S(=O)(=O)c2ccccc2)CCNCC1. The number of nitrogens with one attached hydrogen (secondary N) is 1. The van der Waals surface area contributed by atoms with Crippen LogP contribution >= 0.6 is 0 Å². The van der Waals surface area contributed by atoms with Gasteiger partial charge in [0.25, 0.3) is 10.0 Å². The van der Waals surface area contributed by atoms with Crippen LogP contribution in [0.25, 0.3) is 10.9 Å². The Morgan fingerprint density at radius 3 is 2.28 bits per heavy atom. The van der Waals surface area contributed by atoms with Gasteiger partial charge in [0, 0.05) is 10.8 Å². The van der Waals surface area contributed by atoms with E-state index < -0.39 is 15.4 Å². The Balaban J connectivity index is 1.88. The maximum atomic E-state index is 14.2. The Morgan fingerprint density at radius 1 is 1.00 bits per heavy atom. The van der Waals surface area contributed by atoms with Crippen molar-refractivity contribution in [1.29, 1.82) is 0 Å². The molecule has 0 atom stereocenters. The molecule has 2 heterocycles. The molecular formula is C26H32N2O3S. The van der Waals surface area contributed by atoms with Crippen LogP contribution in [0.1, 0.15) is 56.9 Å². The number of rotatable bonds is 6. The molecule has 5 nitrogen and oxygen atoms in total. The first-order valence-electron chi connectivity index (χ1n) is 11.3. The summed E-state index contributed by atoms with van der Waals surface area (Å²) in [7, 11) is -3.93. The topological polar surface area (TPSA) is 68.2 Å². The molecule has 2 aromatic carbocycles. The molecule has 0 bridgehead atoms. The molecule has 0 amide bonds. The van der Waals surface area contributed by atoms with Crippen molar-refractivity contribution in [2.75, 3.05) is 13.1 Å². The van der Waals surface area contributed by atoms with E-state index in [9.17, 15) is 13.2 Å². The third-order valence-electron chi connectivity index (χ3n) is 6.58. The number of piperidine rings is 1. The lowest BCUT2D eigenvalue weighted by atomic mass is 9.68. The van der Waals surface area contributed by atoms with Crippen LogP contribution < -0.4 is 5.32 Å². The van der Waals surface area contributed by atoms with E-state index in [-0.39, 0.29) is 21.8 Å². The van der Waals surface area contributed by atoms with Gasteiger partial charge in [-0.3, -0.25) is 4.79 Å². The summed E-state index contributed by atoms with van der Waals surface area (Å²) in [4.78, 5) is 14.4. The van der Waals surface area contributed by atoms with E-state index in [2.05, 4.69) is 26.1 Å². The standard InChI is InChI=1S/C26H32N2O3S/c1-25(2,3)13-14-26(15-17-27-18-16-26)24(29)23-19-20-9-7-8-12-22(20)28(23)32(30,31)21-10-5-4-6-11-21/h4-12,19,27H,13-18H2,1-3H3. The molecule has 0 unspecified atom stereocenters. The van der Waals surface area contributed by atoms with Crippen LogP contribution in [0, 0.1) is 10.8 Å². The molecule has 170 valence electrons. The van der Waals surface area contributed by atoms with Gasteiger partial charge in [-0.2, -0.15) is 0 Å². The van der Waals surface area contributed by atoms with Crippen molar-refractivity contribution in [2.24, 2.45) is 10.8 Å². The zero-order valence-electron chi connectivity index (χ0n) is 19.1. The van der Waals surface area contributed by atoms with E-state index in [0.29, 0.717) is 5.52 Å².